The Hall–Kier alpha value is -2.69. The van der Waals surface area contributed by atoms with Crippen molar-refractivity contribution in [2.75, 3.05) is 57.3 Å². The number of hydrogen-bond acceptors (Lipinski definition) is 8. The van der Waals surface area contributed by atoms with Crippen LogP contribution in [0.2, 0.25) is 0 Å². The monoisotopic (exact) mass is 474 g/mol. The maximum Gasteiger partial charge on any atom is 0.240 e. The van der Waals surface area contributed by atoms with Crippen LogP contribution in [0.1, 0.15) is 19.8 Å². The van der Waals surface area contributed by atoms with Crippen molar-refractivity contribution in [3.05, 3.63) is 24.3 Å². The van der Waals surface area contributed by atoms with Gasteiger partial charge in [-0.05, 0) is 31.9 Å². The van der Waals surface area contributed by atoms with Crippen molar-refractivity contribution in [1.29, 1.82) is 0 Å². The van der Waals surface area contributed by atoms with Crippen molar-refractivity contribution < 1.29 is 29.3 Å². The minimum atomic E-state index is -1.01. The number of piperazine rings is 1. The summed E-state index contributed by atoms with van der Waals surface area (Å²) in [5.74, 6) is -1.66. The van der Waals surface area contributed by atoms with E-state index >= 15 is 0 Å². The fraction of sp³-hybridized carbons (Fsp3) is 0.625. The second-order valence-electron chi connectivity index (χ2n) is 9.16. The highest BCUT2D eigenvalue weighted by molar-refractivity contribution is 6.07. The number of carbonyl (C=O) groups excluding carboxylic acids is 3. The molecule has 1 saturated carbocycles. The number of rotatable bonds is 8. The topological polar surface area (TPSA) is 123 Å². The molecule has 4 unspecified atom stereocenters. The molecular formula is C24H34N4O6. The summed E-state index contributed by atoms with van der Waals surface area (Å²) in [6.45, 7) is 6.80. The quantitative estimate of drug-likeness (QED) is 0.429. The summed E-state index contributed by atoms with van der Waals surface area (Å²) in [4.78, 5) is 43.1. The standard InChI is InChI=1S/C24H34N4O6/c1-2-34-21-6-4-3-5-18(21)27-11-9-26(10-12-27)8-7-25-22(31)15-28-23(32)16-13-19(29)20(30)14-17(16)24(28)33/h3-6,16-17,19-20,29-30H,2,7-15H2,1H3,(H,25,31). The van der Waals surface area contributed by atoms with Crippen molar-refractivity contribution in [3.8, 4) is 5.75 Å². The van der Waals surface area contributed by atoms with Gasteiger partial charge in [-0.15, -0.1) is 0 Å². The summed E-state index contributed by atoms with van der Waals surface area (Å²) in [7, 11) is 0. The van der Waals surface area contributed by atoms with Gasteiger partial charge < -0.3 is 25.2 Å². The summed E-state index contributed by atoms with van der Waals surface area (Å²) >= 11 is 0. The SMILES string of the molecule is CCOc1ccccc1N1CCN(CCNC(=O)CN2C(=O)C3CC(O)C(O)CC3C2=O)CC1. The Kier molecular flexibility index (Phi) is 7.70. The highest BCUT2D eigenvalue weighted by Gasteiger charge is 2.52. The van der Waals surface area contributed by atoms with Crippen LogP contribution in [0.4, 0.5) is 5.69 Å². The van der Waals surface area contributed by atoms with Crippen molar-refractivity contribution in [2.45, 2.75) is 32.0 Å². The average Bonchev–Trinajstić information content (AvgIpc) is 3.05. The summed E-state index contributed by atoms with van der Waals surface area (Å²) in [5.41, 5.74) is 1.10. The van der Waals surface area contributed by atoms with Crippen molar-refractivity contribution in [3.63, 3.8) is 0 Å². The predicted molar refractivity (Wildman–Crippen MR) is 124 cm³/mol. The van der Waals surface area contributed by atoms with E-state index in [1.54, 1.807) is 0 Å². The number of benzene rings is 1. The van der Waals surface area contributed by atoms with Crippen LogP contribution < -0.4 is 15.0 Å². The minimum absolute atomic E-state index is 0.0511. The van der Waals surface area contributed by atoms with E-state index in [1.165, 1.54) is 0 Å². The van der Waals surface area contributed by atoms with Gasteiger partial charge in [0.25, 0.3) is 0 Å². The molecule has 10 nitrogen and oxygen atoms in total. The molecule has 3 fully saturated rings. The molecule has 186 valence electrons. The second-order valence-corrected chi connectivity index (χ2v) is 9.16. The number of imide groups is 1. The average molecular weight is 475 g/mol. The number of amides is 3. The first-order valence-corrected chi connectivity index (χ1v) is 12.1. The fourth-order valence-corrected chi connectivity index (χ4v) is 5.13. The first kappa shape index (κ1) is 24.4. The number of hydrogen-bond donors (Lipinski definition) is 3. The third-order valence-electron chi connectivity index (χ3n) is 7.02. The van der Waals surface area contributed by atoms with Crippen LogP contribution in [-0.4, -0.2) is 102 Å². The summed E-state index contributed by atoms with van der Waals surface area (Å²) < 4.78 is 5.74. The van der Waals surface area contributed by atoms with Crippen LogP contribution in [0, 0.1) is 11.8 Å². The van der Waals surface area contributed by atoms with Crippen LogP contribution in [0.15, 0.2) is 24.3 Å². The highest BCUT2D eigenvalue weighted by Crippen LogP contribution is 2.38. The summed E-state index contributed by atoms with van der Waals surface area (Å²) in [6, 6.07) is 8.03. The van der Waals surface area contributed by atoms with Gasteiger partial charge in [0.15, 0.2) is 0 Å². The number of carbonyl (C=O) groups is 3. The Labute approximate surface area is 199 Å². The zero-order valence-corrected chi connectivity index (χ0v) is 19.6. The van der Waals surface area contributed by atoms with Gasteiger partial charge in [-0.2, -0.15) is 0 Å². The third kappa shape index (κ3) is 5.18. The molecule has 1 aliphatic carbocycles. The fourth-order valence-electron chi connectivity index (χ4n) is 5.13. The molecule has 3 amide bonds. The molecule has 2 aliphatic heterocycles. The van der Waals surface area contributed by atoms with Gasteiger partial charge in [0, 0.05) is 39.3 Å². The van der Waals surface area contributed by atoms with Crippen LogP contribution in [0.5, 0.6) is 5.75 Å². The largest absolute Gasteiger partial charge is 0.492 e. The molecular weight excluding hydrogens is 440 g/mol. The lowest BCUT2D eigenvalue weighted by molar-refractivity contribution is -0.143. The van der Waals surface area contributed by atoms with Gasteiger partial charge in [0.1, 0.15) is 12.3 Å². The molecule has 1 aromatic carbocycles. The van der Waals surface area contributed by atoms with E-state index in [1.807, 2.05) is 25.1 Å². The first-order valence-electron chi connectivity index (χ1n) is 12.1. The van der Waals surface area contributed by atoms with E-state index in [2.05, 4.69) is 21.2 Å². The molecule has 3 N–H and O–H groups in total. The van der Waals surface area contributed by atoms with E-state index < -0.39 is 35.9 Å². The van der Waals surface area contributed by atoms with Crippen LogP contribution in [0.25, 0.3) is 0 Å². The number of anilines is 1. The maximum atomic E-state index is 12.6. The van der Waals surface area contributed by atoms with Gasteiger partial charge in [-0.25, -0.2) is 0 Å². The van der Waals surface area contributed by atoms with Crippen LogP contribution in [0.3, 0.4) is 0 Å². The Morgan fingerprint density at radius 1 is 1.03 bits per heavy atom. The van der Waals surface area contributed by atoms with Crippen molar-refractivity contribution in [2.24, 2.45) is 11.8 Å². The van der Waals surface area contributed by atoms with Gasteiger partial charge in [-0.1, -0.05) is 12.1 Å². The molecule has 2 saturated heterocycles. The van der Waals surface area contributed by atoms with Gasteiger partial charge in [-0.3, -0.25) is 24.2 Å². The lowest BCUT2D eigenvalue weighted by atomic mass is 9.78. The molecule has 34 heavy (non-hydrogen) atoms. The van der Waals surface area contributed by atoms with E-state index in [0.29, 0.717) is 19.7 Å². The number of nitrogens with one attached hydrogen (secondary N) is 1. The Bertz CT molecular complexity index is 875. The number of aliphatic hydroxyl groups is 2. The number of fused-ring (bicyclic) bond motifs is 1. The molecule has 4 rings (SSSR count). The first-order chi connectivity index (χ1) is 16.4. The second kappa shape index (κ2) is 10.7. The molecule has 1 aromatic rings. The molecule has 10 heteroatoms. The molecule has 2 heterocycles. The Morgan fingerprint density at radius 3 is 2.26 bits per heavy atom. The molecule has 3 aliphatic rings. The Balaban J connectivity index is 1.20. The third-order valence-corrected chi connectivity index (χ3v) is 7.02. The molecule has 0 bridgehead atoms. The van der Waals surface area contributed by atoms with E-state index in [4.69, 9.17) is 4.74 Å². The lowest BCUT2D eigenvalue weighted by Crippen LogP contribution is -2.49. The van der Waals surface area contributed by atoms with E-state index in [-0.39, 0.29) is 25.3 Å². The normalized spacial score (nSPS) is 27.6. The van der Waals surface area contributed by atoms with E-state index in [9.17, 15) is 24.6 Å². The predicted octanol–water partition coefficient (Wildman–Crippen LogP) is -0.560. The number of ether oxygens (including phenoxy) is 1. The minimum Gasteiger partial charge on any atom is -0.492 e. The van der Waals surface area contributed by atoms with Crippen molar-refractivity contribution >= 4 is 23.4 Å². The van der Waals surface area contributed by atoms with Crippen molar-refractivity contribution in [1.82, 2.24) is 15.1 Å². The molecule has 0 spiro atoms. The van der Waals surface area contributed by atoms with Gasteiger partial charge >= 0.3 is 0 Å². The summed E-state index contributed by atoms with van der Waals surface area (Å²) in [6.07, 6.45) is -1.93. The number of para-hydroxylation sites is 2. The highest BCUT2D eigenvalue weighted by atomic mass is 16.5. The number of likely N-dealkylation sites (tertiary alicyclic amines) is 1. The van der Waals surface area contributed by atoms with Crippen LogP contribution >= 0.6 is 0 Å². The van der Waals surface area contributed by atoms with Gasteiger partial charge in [0.2, 0.25) is 17.7 Å². The lowest BCUT2D eigenvalue weighted by Gasteiger charge is -2.36. The van der Waals surface area contributed by atoms with Crippen LogP contribution in [-0.2, 0) is 14.4 Å². The smallest absolute Gasteiger partial charge is 0.240 e. The zero-order chi connectivity index (χ0) is 24.2. The molecule has 0 aromatic heterocycles. The zero-order valence-electron chi connectivity index (χ0n) is 19.6. The number of aliphatic hydroxyl groups excluding tert-OH is 2. The van der Waals surface area contributed by atoms with E-state index in [0.717, 1.165) is 42.5 Å². The Morgan fingerprint density at radius 2 is 1.65 bits per heavy atom. The molecule has 0 radical (unpaired) electrons. The maximum absolute atomic E-state index is 12.6. The molecule has 4 atom stereocenters. The number of nitrogens with zero attached hydrogens (tertiary/aromatic N) is 3. The van der Waals surface area contributed by atoms with Gasteiger partial charge in [0.05, 0.1) is 36.3 Å². The summed E-state index contributed by atoms with van der Waals surface area (Å²) in [5, 5.41) is 22.5.